The van der Waals surface area contributed by atoms with Gasteiger partial charge in [-0.05, 0) is 66.4 Å². The molecule has 1 aromatic carbocycles. The molecule has 1 aliphatic heterocycles. The summed E-state index contributed by atoms with van der Waals surface area (Å²) in [4.78, 5) is 68.5. The van der Waals surface area contributed by atoms with E-state index >= 15 is 0 Å². The molecule has 1 heterocycles. The first kappa shape index (κ1) is 36.0. The summed E-state index contributed by atoms with van der Waals surface area (Å²) in [6.45, 7) is 8.22. The van der Waals surface area contributed by atoms with E-state index in [9.17, 15) is 32.4 Å². The Morgan fingerprint density at radius 3 is 2.19 bits per heavy atom. The number of amides is 4. The van der Waals surface area contributed by atoms with Gasteiger partial charge in [0.05, 0.1) is 16.7 Å². The maximum atomic E-state index is 14.5. The van der Waals surface area contributed by atoms with Gasteiger partial charge in [0.1, 0.15) is 6.04 Å². The van der Waals surface area contributed by atoms with Gasteiger partial charge in [-0.15, -0.1) is 0 Å². The van der Waals surface area contributed by atoms with E-state index in [0.717, 1.165) is 44.9 Å². The van der Waals surface area contributed by atoms with Gasteiger partial charge >= 0.3 is 6.03 Å². The number of hydrogen-bond acceptors (Lipinski definition) is 7. The second-order valence-electron chi connectivity index (χ2n) is 15.6. The molecular weight excluding hydrogens is 632 g/mol. The van der Waals surface area contributed by atoms with Gasteiger partial charge in [-0.2, -0.15) is 0 Å². The monoisotopic (exact) mass is 684 g/mol. The zero-order chi connectivity index (χ0) is 35.0. The maximum absolute atomic E-state index is 14.5. The molecular formula is C36H52N4O7S. The number of primary amides is 1. The van der Waals surface area contributed by atoms with Crippen molar-refractivity contribution in [3.05, 3.63) is 30.3 Å². The molecule has 1 unspecified atom stereocenters. The van der Waals surface area contributed by atoms with Crippen LogP contribution in [0.3, 0.4) is 0 Å². The van der Waals surface area contributed by atoms with E-state index in [0.29, 0.717) is 18.9 Å². The van der Waals surface area contributed by atoms with E-state index in [2.05, 4.69) is 24.5 Å². The van der Waals surface area contributed by atoms with Gasteiger partial charge in [-0.1, -0.05) is 78.0 Å². The van der Waals surface area contributed by atoms with Crippen molar-refractivity contribution in [2.45, 2.75) is 109 Å². The molecule has 4 aliphatic rings. The van der Waals surface area contributed by atoms with Gasteiger partial charge in [0.15, 0.2) is 15.6 Å². The number of urea groups is 1. The van der Waals surface area contributed by atoms with Gasteiger partial charge < -0.3 is 21.3 Å². The van der Waals surface area contributed by atoms with Crippen LogP contribution in [-0.2, 0) is 29.0 Å². The number of ketones is 2. The standard InChI is InChI=1S/C36H52N4O7S/c1-21(2)27(20-48(46,47)25-13-9-6-10-14-25)38-35(45)39-30(23-11-7-5-8-12-23)34(44)40-19-26-29(36(26,3)4)31(40)28(41)18-24(17-22-15-16-22)32(42)33(37)43/h6,9-10,13-14,21-24,26-27,29-31H,5,7-8,11-12,15-20H2,1-4H3,(H2,37,43)(H2,38,39,45)/t24?,26-,27+,29-,30-,31+/m0/s1. The molecule has 12 heteroatoms. The SMILES string of the molecule is CC(C)[C@@H](CS(=O)(=O)c1ccccc1)NC(=O)N[C@H](C(=O)N1C[C@H]2[C@@H]([C@H]1C(=O)CC(CC1CC1)C(=O)C(N)=O)C2(C)C)C1CCCCC1. The summed E-state index contributed by atoms with van der Waals surface area (Å²) < 4.78 is 26.3. The molecule has 0 aromatic heterocycles. The highest BCUT2D eigenvalue weighted by molar-refractivity contribution is 7.91. The molecule has 11 nitrogen and oxygen atoms in total. The smallest absolute Gasteiger partial charge is 0.315 e. The average molecular weight is 685 g/mol. The number of rotatable bonds is 15. The fourth-order valence-corrected chi connectivity index (χ4v) is 9.93. The van der Waals surface area contributed by atoms with Crippen molar-refractivity contribution < 1.29 is 32.4 Å². The van der Waals surface area contributed by atoms with Crippen molar-refractivity contribution >= 4 is 39.2 Å². The Kier molecular flexibility index (Phi) is 10.7. The Hall–Kier alpha value is -3.28. The lowest BCUT2D eigenvalue weighted by atomic mass is 9.82. The molecule has 6 atom stereocenters. The van der Waals surface area contributed by atoms with Crippen LogP contribution in [-0.4, -0.2) is 73.2 Å². The normalized spacial score (nSPS) is 25.4. The summed E-state index contributed by atoms with van der Waals surface area (Å²) in [6, 6.07) is 5.13. The Morgan fingerprint density at radius 2 is 1.60 bits per heavy atom. The van der Waals surface area contributed by atoms with Crippen LogP contribution < -0.4 is 16.4 Å². The highest BCUT2D eigenvalue weighted by atomic mass is 32.2. The predicted molar refractivity (Wildman–Crippen MR) is 180 cm³/mol. The lowest BCUT2D eigenvalue weighted by Gasteiger charge is -2.37. The van der Waals surface area contributed by atoms with Crippen LogP contribution in [0.15, 0.2) is 35.2 Å². The largest absolute Gasteiger partial charge is 0.363 e. The van der Waals surface area contributed by atoms with E-state index in [4.69, 9.17) is 5.73 Å². The number of sulfone groups is 1. The van der Waals surface area contributed by atoms with Crippen LogP contribution in [0, 0.1) is 40.9 Å². The first-order chi connectivity index (χ1) is 22.6. The second-order valence-corrected chi connectivity index (χ2v) is 17.6. The van der Waals surface area contributed by atoms with E-state index < -0.39 is 51.6 Å². The molecule has 3 saturated carbocycles. The van der Waals surface area contributed by atoms with Crippen molar-refractivity contribution in [3.63, 3.8) is 0 Å². The maximum Gasteiger partial charge on any atom is 0.315 e. The molecule has 48 heavy (non-hydrogen) atoms. The molecule has 0 radical (unpaired) electrons. The Bertz CT molecular complexity index is 1500. The van der Waals surface area contributed by atoms with Crippen LogP contribution in [0.2, 0.25) is 0 Å². The van der Waals surface area contributed by atoms with E-state index in [1.165, 1.54) is 12.1 Å². The molecule has 1 saturated heterocycles. The first-order valence-electron chi connectivity index (χ1n) is 17.6. The van der Waals surface area contributed by atoms with Crippen LogP contribution in [0.4, 0.5) is 4.79 Å². The Labute approximate surface area is 284 Å². The number of hydrogen-bond donors (Lipinski definition) is 3. The van der Waals surface area contributed by atoms with Crippen LogP contribution in [0.5, 0.6) is 0 Å². The molecule has 0 spiro atoms. The molecule has 4 amide bonds. The molecule has 4 fully saturated rings. The quantitative estimate of drug-likeness (QED) is 0.237. The van der Waals surface area contributed by atoms with Gasteiger partial charge in [-0.25, -0.2) is 13.2 Å². The molecule has 1 aromatic rings. The highest BCUT2D eigenvalue weighted by Crippen LogP contribution is 2.65. The minimum Gasteiger partial charge on any atom is -0.363 e. The van der Waals surface area contributed by atoms with Crippen LogP contribution >= 0.6 is 0 Å². The molecule has 4 N–H and O–H groups in total. The molecule has 264 valence electrons. The van der Waals surface area contributed by atoms with E-state index in [1.54, 1.807) is 23.1 Å². The Morgan fingerprint density at radius 1 is 0.958 bits per heavy atom. The minimum atomic E-state index is -3.69. The number of piperidine rings is 1. The number of carbonyl (C=O) groups is 5. The van der Waals surface area contributed by atoms with Crippen molar-refractivity contribution in [2.75, 3.05) is 12.3 Å². The molecule has 0 bridgehead atoms. The van der Waals surface area contributed by atoms with E-state index in [-0.39, 0.29) is 57.8 Å². The topological polar surface area (TPSA) is 173 Å². The summed E-state index contributed by atoms with van der Waals surface area (Å²) in [5.74, 6) is -3.43. The fourth-order valence-electron chi connectivity index (χ4n) is 8.23. The van der Waals surface area contributed by atoms with Crippen molar-refractivity contribution in [1.82, 2.24) is 15.5 Å². The lowest BCUT2D eigenvalue weighted by molar-refractivity contribution is -0.144. The summed E-state index contributed by atoms with van der Waals surface area (Å²) in [6.07, 6.45) is 6.57. The van der Waals surface area contributed by atoms with Gasteiger partial charge in [0, 0.05) is 24.9 Å². The third kappa shape index (κ3) is 7.95. The number of nitrogens with two attached hydrogens (primary N) is 1. The number of fused-ring (bicyclic) bond motifs is 1. The number of benzene rings is 1. The van der Waals surface area contributed by atoms with Crippen LogP contribution in [0.25, 0.3) is 0 Å². The first-order valence-corrected chi connectivity index (χ1v) is 19.3. The Balaban J connectivity index is 1.34. The fraction of sp³-hybridized carbons (Fsp3) is 0.694. The summed E-state index contributed by atoms with van der Waals surface area (Å²) in [5.41, 5.74) is 5.20. The highest BCUT2D eigenvalue weighted by Gasteiger charge is 2.69. The lowest BCUT2D eigenvalue weighted by Crippen LogP contribution is -2.59. The van der Waals surface area contributed by atoms with Gasteiger partial charge in [-0.3, -0.25) is 19.2 Å². The number of nitrogens with zero attached hydrogens (tertiary/aromatic N) is 1. The van der Waals surface area contributed by atoms with Gasteiger partial charge in [0.25, 0.3) is 5.91 Å². The number of nitrogens with one attached hydrogen (secondary N) is 2. The zero-order valence-corrected chi connectivity index (χ0v) is 29.5. The summed E-state index contributed by atoms with van der Waals surface area (Å²) in [7, 11) is -3.69. The summed E-state index contributed by atoms with van der Waals surface area (Å²) in [5, 5.41) is 5.78. The zero-order valence-electron chi connectivity index (χ0n) is 28.7. The number of Topliss-reactive ketones (excluding diaryl/α,β-unsaturated/α-hetero) is 2. The predicted octanol–water partition coefficient (Wildman–Crippen LogP) is 3.65. The van der Waals surface area contributed by atoms with Crippen molar-refractivity contribution in [3.8, 4) is 0 Å². The van der Waals surface area contributed by atoms with E-state index in [1.807, 2.05) is 13.8 Å². The minimum absolute atomic E-state index is 0.0754. The second kappa shape index (κ2) is 14.3. The summed E-state index contributed by atoms with van der Waals surface area (Å²) >= 11 is 0. The molecule has 3 aliphatic carbocycles. The van der Waals surface area contributed by atoms with Crippen molar-refractivity contribution in [1.29, 1.82) is 0 Å². The third-order valence-electron chi connectivity index (χ3n) is 11.5. The van der Waals surface area contributed by atoms with Gasteiger partial charge in [0.2, 0.25) is 11.7 Å². The average Bonchev–Trinajstić information content (AvgIpc) is 3.90. The number of carbonyl (C=O) groups excluding carboxylic acids is 5. The van der Waals surface area contributed by atoms with Crippen LogP contribution in [0.1, 0.15) is 85.5 Å². The van der Waals surface area contributed by atoms with Crippen molar-refractivity contribution in [2.24, 2.45) is 46.7 Å². The number of likely N-dealkylation sites (tertiary alicyclic amines) is 1. The third-order valence-corrected chi connectivity index (χ3v) is 13.3. The molecule has 5 rings (SSSR count).